The average molecular weight is 516 g/mol. The minimum atomic E-state index is -3.41. The summed E-state index contributed by atoms with van der Waals surface area (Å²) in [5.74, 6) is -8.36. The van der Waals surface area contributed by atoms with E-state index in [4.69, 9.17) is 4.74 Å². The highest BCUT2D eigenvalue weighted by molar-refractivity contribution is 5.97. The Balaban J connectivity index is 1.87. The summed E-state index contributed by atoms with van der Waals surface area (Å²) in [6.07, 6.45) is 1.08. The molecule has 1 heterocycles. The topological polar surface area (TPSA) is 88.5 Å². The Kier molecular flexibility index (Phi) is 8.31. The van der Waals surface area contributed by atoms with Crippen LogP contribution in [-0.2, 0) is 23.6 Å². The number of alkyl halides is 2. The summed E-state index contributed by atoms with van der Waals surface area (Å²) < 4.78 is 62.9. The van der Waals surface area contributed by atoms with E-state index < -0.39 is 46.6 Å². The van der Waals surface area contributed by atoms with Crippen molar-refractivity contribution in [1.82, 2.24) is 10.3 Å². The van der Waals surface area contributed by atoms with Crippen LogP contribution in [0.1, 0.15) is 39.7 Å². The highest BCUT2D eigenvalue weighted by atomic mass is 19.3. The number of amides is 1. The summed E-state index contributed by atoms with van der Waals surface area (Å²) in [5, 5.41) is 11.7. The summed E-state index contributed by atoms with van der Waals surface area (Å²) >= 11 is 0. The fourth-order valence-corrected chi connectivity index (χ4v) is 3.78. The van der Waals surface area contributed by atoms with Crippen molar-refractivity contribution < 1.29 is 37.0 Å². The number of methoxy groups -OCH3 is 1. The summed E-state index contributed by atoms with van der Waals surface area (Å²) in [4.78, 5) is 28.3. The van der Waals surface area contributed by atoms with E-state index >= 15 is 0 Å². The van der Waals surface area contributed by atoms with Crippen LogP contribution in [0, 0.1) is 11.6 Å². The fourth-order valence-electron chi connectivity index (χ4n) is 3.78. The first-order chi connectivity index (χ1) is 17.4. The third-order valence-corrected chi connectivity index (χ3v) is 5.66. The van der Waals surface area contributed by atoms with Gasteiger partial charge < -0.3 is 15.2 Å². The number of aliphatic carboxylic acids is 1. The van der Waals surface area contributed by atoms with E-state index in [9.17, 15) is 32.3 Å². The molecule has 194 valence electrons. The highest BCUT2D eigenvalue weighted by Gasteiger charge is 2.38. The van der Waals surface area contributed by atoms with Crippen molar-refractivity contribution in [3.8, 4) is 5.75 Å². The van der Waals surface area contributed by atoms with Crippen LogP contribution in [0.15, 0.2) is 66.9 Å². The van der Waals surface area contributed by atoms with E-state index in [1.165, 1.54) is 26.3 Å². The number of nitrogens with one attached hydrogen (secondary N) is 1. The number of carbonyl (C=O) groups excluding carboxylic acids is 1. The second-order valence-corrected chi connectivity index (χ2v) is 8.35. The molecule has 3 aromatic rings. The minimum Gasteiger partial charge on any atom is -0.496 e. The first kappa shape index (κ1) is 27.4. The van der Waals surface area contributed by atoms with E-state index in [0.717, 1.165) is 18.2 Å². The number of rotatable bonds is 10. The number of carbonyl (C=O) groups is 2. The molecule has 10 heteroatoms. The molecule has 1 amide bonds. The van der Waals surface area contributed by atoms with Gasteiger partial charge in [0, 0.05) is 19.0 Å². The number of halogens is 4. The molecule has 0 bridgehead atoms. The zero-order chi connectivity index (χ0) is 27.3. The third-order valence-electron chi connectivity index (χ3n) is 5.66. The molecule has 37 heavy (non-hydrogen) atoms. The van der Waals surface area contributed by atoms with Gasteiger partial charge >= 0.3 is 5.97 Å². The van der Waals surface area contributed by atoms with Crippen molar-refractivity contribution in [3.63, 3.8) is 0 Å². The molecule has 0 aliphatic rings. The van der Waals surface area contributed by atoms with Crippen molar-refractivity contribution in [2.24, 2.45) is 0 Å². The molecule has 0 aliphatic heterocycles. The van der Waals surface area contributed by atoms with Crippen molar-refractivity contribution in [2.75, 3.05) is 7.11 Å². The molecule has 2 N–H and O–H groups in total. The summed E-state index contributed by atoms with van der Waals surface area (Å²) in [5.41, 5.74) is -0.679. The van der Waals surface area contributed by atoms with Crippen LogP contribution in [0.4, 0.5) is 17.6 Å². The summed E-state index contributed by atoms with van der Waals surface area (Å²) in [6, 6.07) is 9.06. The number of benzene rings is 2. The summed E-state index contributed by atoms with van der Waals surface area (Å²) in [6.45, 7) is 4.57. The Morgan fingerprint density at radius 3 is 2.32 bits per heavy atom. The van der Waals surface area contributed by atoms with Gasteiger partial charge in [0.15, 0.2) is 0 Å². The Bertz CT molecular complexity index is 1320. The Labute approximate surface area is 210 Å². The van der Waals surface area contributed by atoms with Crippen LogP contribution in [0.3, 0.4) is 0 Å². The molecular weight excluding hydrogens is 492 g/mol. The SMILES string of the molecule is C=C(C)C(F)(F)c1c(OC)ccnc1Cc1cccc(C[C@H](NC(=O)c2c(F)cccc2F)C(=O)O)c1. The van der Waals surface area contributed by atoms with Crippen molar-refractivity contribution in [1.29, 1.82) is 0 Å². The van der Waals surface area contributed by atoms with Crippen LogP contribution in [0.25, 0.3) is 0 Å². The smallest absolute Gasteiger partial charge is 0.326 e. The monoisotopic (exact) mass is 516 g/mol. The van der Waals surface area contributed by atoms with E-state index in [2.05, 4.69) is 16.9 Å². The normalized spacial score (nSPS) is 12.1. The standard InChI is InChI=1S/C27H24F4N2O4/c1-15(2)27(30,31)24-20(32-11-10-22(24)37-3)13-16-6-4-7-17(12-16)14-21(26(35)36)33-25(34)23-18(28)8-5-9-19(23)29/h4-12,21H,1,13-14H2,2-3H3,(H,33,34)(H,35,36)/t21-/m0/s1. The predicted molar refractivity (Wildman–Crippen MR) is 128 cm³/mol. The van der Waals surface area contributed by atoms with Gasteiger partial charge in [0.1, 0.15) is 29.0 Å². The molecule has 0 saturated carbocycles. The predicted octanol–water partition coefficient (Wildman–Crippen LogP) is 5.05. The number of allylic oxidation sites excluding steroid dienone is 1. The molecule has 3 rings (SSSR count). The number of hydrogen-bond donors (Lipinski definition) is 2. The van der Waals surface area contributed by atoms with Crippen LogP contribution in [0.5, 0.6) is 5.75 Å². The van der Waals surface area contributed by atoms with Crippen molar-refractivity contribution >= 4 is 11.9 Å². The van der Waals surface area contributed by atoms with E-state index in [1.54, 1.807) is 24.3 Å². The van der Waals surface area contributed by atoms with Crippen molar-refractivity contribution in [2.45, 2.75) is 31.7 Å². The van der Waals surface area contributed by atoms with Gasteiger partial charge in [0.05, 0.1) is 18.4 Å². The maximum atomic E-state index is 15.0. The molecular formula is C27H24F4N2O4. The molecule has 0 radical (unpaired) electrons. The lowest BCUT2D eigenvalue weighted by Crippen LogP contribution is -2.43. The number of aromatic nitrogens is 1. The molecule has 0 spiro atoms. The first-order valence-electron chi connectivity index (χ1n) is 11.1. The Hall–Kier alpha value is -4.21. The fraction of sp³-hybridized carbons (Fsp3) is 0.222. The van der Waals surface area contributed by atoms with Crippen LogP contribution < -0.4 is 10.1 Å². The largest absolute Gasteiger partial charge is 0.496 e. The number of hydrogen-bond acceptors (Lipinski definition) is 4. The van der Waals surface area contributed by atoms with Gasteiger partial charge in [-0.2, -0.15) is 8.78 Å². The van der Waals surface area contributed by atoms with Gasteiger partial charge in [-0.05, 0) is 41.8 Å². The van der Waals surface area contributed by atoms with Gasteiger partial charge in [0.2, 0.25) is 0 Å². The lowest BCUT2D eigenvalue weighted by molar-refractivity contribution is -0.139. The van der Waals surface area contributed by atoms with Gasteiger partial charge in [-0.15, -0.1) is 0 Å². The van der Waals surface area contributed by atoms with E-state index in [0.29, 0.717) is 11.1 Å². The maximum Gasteiger partial charge on any atom is 0.326 e. The zero-order valence-corrected chi connectivity index (χ0v) is 20.0. The average Bonchev–Trinajstić information content (AvgIpc) is 2.83. The van der Waals surface area contributed by atoms with Gasteiger partial charge in [-0.1, -0.05) is 36.9 Å². The number of ether oxygens (including phenoxy) is 1. The Morgan fingerprint density at radius 1 is 1.11 bits per heavy atom. The highest BCUT2D eigenvalue weighted by Crippen LogP contribution is 2.41. The number of carboxylic acids is 1. The summed E-state index contributed by atoms with van der Waals surface area (Å²) in [7, 11) is 1.27. The second-order valence-electron chi connectivity index (χ2n) is 8.35. The van der Waals surface area contributed by atoms with Crippen LogP contribution >= 0.6 is 0 Å². The van der Waals surface area contributed by atoms with Gasteiger partial charge in [-0.25, -0.2) is 13.6 Å². The number of carboxylic acid groups (broad SMARTS) is 1. The molecule has 1 atom stereocenters. The van der Waals surface area contributed by atoms with Crippen LogP contribution in [-0.4, -0.2) is 35.1 Å². The van der Waals surface area contributed by atoms with E-state index in [1.807, 2.05) is 0 Å². The molecule has 0 fully saturated rings. The molecule has 2 aromatic carbocycles. The van der Waals surface area contributed by atoms with E-state index in [-0.39, 0.29) is 29.9 Å². The maximum absolute atomic E-state index is 15.0. The lowest BCUT2D eigenvalue weighted by Gasteiger charge is -2.22. The zero-order valence-electron chi connectivity index (χ0n) is 20.0. The second kappa shape index (κ2) is 11.2. The third kappa shape index (κ3) is 6.14. The van der Waals surface area contributed by atoms with Crippen molar-refractivity contribution in [3.05, 3.63) is 106 Å². The Morgan fingerprint density at radius 2 is 1.73 bits per heavy atom. The minimum absolute atomic E-state index is 0.0340. The quantitative estimate of drug-likeness (QED) is 0.291. The first-order valence-corrected chi connectivity index (χ1v) is 11.1. The van der Waals surface area contributed by atoms with Gasteiger partial charge in [0.25, 0.3) is 11.8 Å². The molecule has 0 aliphatic carbocycles. The molecule has 0 saturated heterocycles. The van der Waals surface area contributed by atoms with Crippen LogP contribution in [0.2, 0.25) is 0 Å². The number of pyridine rings is 1. The molecule has 6 nitrogen and oxygen atoms in total. The molecule has 1 aromatic heterocycles. The number of nitrogens with zero attached hydrogens (tertiary/aromatic N) is 1. The lowest BCUT2D eigenvalue weighted by atomic mass is 9.95. The molecule has 0 unspecified atom stereocenters. The van der Waals surface area contributed by atoms with Gasteiger partial charge in [-0.3, -0.25) is 9.78 Å².